The standard InChI is InChI=1S/C12H24N2O2/c1-10-7-11(9-13-8-10)12(15)14-5-3-4-6-16-2/h10-11,13H,3-9H2,1-2H3,(H,14,15). The van der Waals surface area contributed by atoms with E-state index in [0.29, 0.717) is 5.92 Å². The van der Waals surface area contributed by atoms with Gasteiger partial charge >= 0.3 is 0 Å². The van der Waals surface area contributed by atoms with Crippen LogP contribution in [-0.4, -0.2) is 39.3 Å². The minimum absolute atomic E-state index is 0.158. The van der Waals surface area contributed by atoms with Gasteiger partial charge in [-0.25, -0.2) is 0 Å². The van der Waals surface area contributed by atoms with Gasteiger partial charge in [0.05, 0.1) is 5.92 Å². The van der Waals surface area contributed by atoms with Crippen LogP contribution in [0, 0.1) is 11.8 Å². The first kappa shape index (κ1) is 13.5. The summed E-state index contributed by atoms with van der Waals surface area (Å²) in [6.45, 7) is 5.60. The summed E-state index contributed by atoms with van der Waals surface area (Å²) in [5, 5.41) is 6.29. The second kappa shape index (κ2) is 7.63. The first-order valence-electron chi connectivity index (χ1n) is 6.21. The van der Waals surface area contributed by atoms with Crippen LogP contribution in [0.25, 0.3) is 0 Å². The third kappa shape index (κ3) is 4.94. The van der Waals surface area contributed by atoms with Gasteiger partial charge in [0.15, 0.2) is 0 Å². The van der Waals surface area contributed by atoms with E-state index in [1.807, 2.05) is 0 Å². The largest absolute Gasteiger partial charge is 0.385 e. The molecule has 1 rings (SSSR count). The van der Waals surface area contributed by atoms with E-state index in [-0.39, 0.29) is 11.8 Å². The molecule has 1 amide bonds. The summed E-state index contributed by atoms with van der Waals surface area (Å²) in [4.78, 5) is 11.8. The van der Waals surface area contributed by atoms with Crippen molar-refractivity contribution >= 4 is 5.91 Å². The first-order chi connectivity index (χ1) is 7.74. The molecule has 0 saturated carbocycles. The summed E-state index contributed by atoms with van der Waals surface area (Å²) in [6, 6.07) is 0. The lowest BCUT2D eigenvalue weighted by atomic mass is 9.91. The fourth-order valence-electron chi connectivity index (χ4n) is 2.08. The molecule has 2 N–H and O–H groups in total. The zero-order chi connectivity index (χ0) is 11.8. The molecule has 1 fully saturated rings. The van der Waals surface area contributed by atoms with Crippen molar-refractivity contribution in [2.24, 2.45) is 11.8 Å². The predicted octanol–water partition coefficient (Wildman–Crippen LogP) is 0.775. The highest BCUT2D eigenvalue weighted by Gasteiger charge is 2.24. The average molecular weight is 228 g/mol. The molecule has 1 saturated heterocycles. The number of unbranched alkanes of at least 4 members (excludes halogenated alkanes) is 1. The van der Waals surface area contributed by atoms with Gasteiger partial charge < -0.3 is 15.4 Å². The molecule has 16 heavy (non-hydrogen) atoms. The van der Waals surface area contributed by atoms with Crippen LogP contribution >= 0.6 is 0 Å². The number of piperidine rings is 1. The number of ether oxygens (including phenoxy) is 1. The number of amides is 1. The predicted molar refractivity (Wildman–Crippen MR) is 64.3 cm³/mol. The Kier molecular flexibility index (Phi) is 6.42. The Morgan fingerprint density at radius 2 is 2.25 bits per heavy atom. The highest BCUT2D eigenvalue weighted by Crippen LogP contribution is 2.15. The molecule has 0 aliphatic carbocycles. The van der Waals surface area contributed by atoms with Crippen molar-refractivity contribution in [3.05, 3.63) is 0 Å². The molecule has 0 spiro atoms. The minimum atomic E-state index is 0.158. The van der Waals surface area contributed by atoms with Crippen LogP contribution in [-0.2, 0) is 9.53 Å². The number of carbonyl (C=O) groups is 1. The highest BCUT2D eigenvalue weighted by atomic mass is 16.5. The Labute approximate surface area is 98.1 Å². The molecule has 0 aromatic rings. The molecule has 4 nitrogen and oxygen atoms in total. The maximum Gasteiger partial charge on any atom is 0.224 e. The van der Waals surface area contributed by atoms with Crippen LogP contribution in [0.5, 0.6) is 0 Å². The lowest BCUT2D eigenvalue weighted by Crippen LogP contribution is -2.43. The van der Waals surface area contributed by atoms with Gasteiger partial charge in [0.1, 0.15) is 0 Å². The number of rotatable bonds is 6. The van der Waals surface area contributed by atoms with Crippen molar-refractivity contribution in [1.82, 2.24) is 10.6 Å². The van der Waals surface area contributed by atoms with Gasteiger partial charge in [-0.3, -0.25) is 4.79 Å². The van der Waals surface area contributed by atoms with E-state index in [9.17, 15) is 4.79 Å². The van der Waals surface area contributed by atoms with Crippen LogP contribution in [0.3, 0.4) is 0 Å². The van der Waals surface area contributed by atoms with Gasteiger partial charge in [0.25, 0.3) is 0 Å². The Morgan fingerprint density at radius 3 is 2.94 bits per heavy atom. The normalized spacial score (nSPS) is 25.4. The number of methoxy groups -OCH3 is 1. The lowest BCUT2D eigenvalue weighted by molar-refractivity contribution is -0.125. The molecule has 0 aromatic heterocycles. The Morgan fingerprint density at radius 1 is 1.44 bits per heavy atom. The molecule has 94 valence electrons. The summed E-state index contributed by atoms with van der Waals surface area (Å²) < 4.78 is 4.96. The Balaban J connectivity index is 2.09. The van der Waals surface area contributed by atoms with Crippen LogP contribution in [0.15, 0.2) is 0 Å². The fraction of sp³-hybridized carbons (Fsp3) is 0.917. The molecular weight excluding hydrogens is 204 g/mol. The molecule has 1 aliphatic heterocycles. The summed E-state index contributed by atoms with van der Waals surface area (Å²) in [5.41, 5.74) is 0. The topological polar surface area (TPSA) is 50.4 Å². The van der Waals surface area contributed by atoms with E-state index >= 15 is 0 Å². The second-order valence-electron chi connectivity index (χ2n) is 4.69. The van der Waals surface area contributed by atoms with E-state index in [2.05, 4.69) is 17.6 Å². The van der Waals surface area contributed by atoms with E-state index < -0.39 is 0 Å². The van der Waals surface area contributed by atoms with Gasteiger partial charge in [0, 0.05) is 26.8 Å². The minimum Gasteiger partial charge on any atom is -0.385 e. The van der Waals surface area contributed by atoms with Crippen molar-refractivity contribution < 1.29 is 9.53 Å². The SMILES string of the molecule is COCCCCNC(=O)C1CNCC(C)C1. The Bertz CT molecular complexity index is 209. The van der Waals surface area contributed by atoms with Gasteiger partial charge in [-0.05, 0) is 31.7 Å². The quantitative estimate of drug-likeness (QED) is 0.660. The zero-order valence-electron chi connectivity index (χ0n) is 10.4. The molecule has 1 aliphatic rings. The summed E-state index contributed by atoms with van der Waals surface area (Å²) in [5.74, 6) is 0.973. The lowest BCUT2D eigenvalue weighted by Gasteiger charge is -2.26. The van der Waals surface area contributed by atoms with Gasteiger partial charge in [-0.1, -0.05) is 6.92 Å². The van der Waals surface area contributed by atoms with Crippen LogP contribution < -0.4 is 10.6 Å². The van der Waals surface area contributed by atoms with Gasteiger partial charge in [-0.15, -0.1) is 0 Å². The van der Waals surface area contributed by atoms with Gasteiger partial charge in [0.2, 0.25) is 5.91 Å². The molecule has 4 heteroatoms. The smallest absolute Gasteiger partial charge is 0.224 e. The van der Waals surface area contributed by atoms with Crippen LogP contribution in [0.2, 0.25) is 0 Å². The third-order valence-corrected chi connectivity index (χ3v) is 3.02. The van der Waals surface area contributed by atoms with Crippen molar-refractivity contribution in [1.29, 1.82) is 0 Å². The molecule has 1 heterocycles. The van der Waals surface area contributed by atoms with Crippen molar-refractivity contribution in [2.45, 2.75) is 26.2 Å². The van der Waals surface area contributed by atoms with E-state index in [0.717, 1.165) is 45.5 Å². The fourth-order valence-corrected chi connectivity index (χ4v) is 2.08. The number of hydrogen-bond donors (Lipinski definition) is 2. The number of carbonyl (C=O) groups excluding carboxylic acids is 1. The summed E-state index contributed by atoms with van der Waals surface area (Å²) >= 11 is 0. The number of hydrogen-bond acceptors (Lipinski definition) is 3. The van der Waals surface area contributed by atoms with Crippen molar-refractivity contribution in [3.63, 3.8) is 0 Å². The van der Waals surface area contributed by atoms with Crippen molar-refractivity contribution in [3.8, 4) is 0 Å². The first-order valence-corrected chi connectivity index (χ1v) is 6.21. The van der Waals surface area contributed by atoms with Crippen LogP contribution in [0.4, 0.5) is 0 Å². The molecule has 2 unspecified atom stereocenters. The second-order valence-corrected chi connectivity index (χ2v) is 4.69. The number of nitrogens with one attached hydrogen (secondary N) is 2. The van der Waals surface area contributed by atoms with Crippen molar-refractivity contribution in [2.75, 3.05) is 33.4 Å². The zero-order valence-corrected chi connectivity index (χ0v) is 10.4. The molecular formula is C12H24N2O2. The van der Waals surface area contributed by atoms with E-state index in [1.54, 1.807) is 7.11 Å². The van der Waals surface area contributed by atoms with E-state index in [1.165, 1.54) is 0 Å². The summed E-state index contributed by atoms with van der Waals surface area (Å²) in [7, 11) is 1.70. The molecule has 0 bridgehead atoms. The van der Waals surface area contributed by atoms with Gasteiger partial charge in [-0.2, -0.15) is 0 Å². The Hall–Kier alpha value is -0.610. The molecule has 0 radical (unpaired) electrons. The third-order valence-electron chi connectivity index (χ3n) is 3.02. The monoisotopic (exact) mass is 228 g/mol. The maximum absolute atomic E-state index is 11.8. The molecule has 2 atom stereocenters. The van der Waals surface area contributed by atoms with E-state index in [4.69, 9.17) is 4.74 Å². The van der Waals surface area contributed by atoms with Crippen LogP contribution in [0.1, 0.15) is 26.2 Å². The summed E-state index contributed by atoms with van der Waals surface area (Å²) in [6.07, 6.45) is 3.02. The molecule has 0 aromatic carbocycles. The highest BCUT2D eigenvalue weighted by molar-refractivity contribution is 5.78. The average Bonchev–Trinajstić information content (AvgIpc) is 2.28. The maximum atomic E-state index is 11.8.